The van der Waals surface area contributed by atoms with Crippen molar-refractivity contribution in [3.63, 3.8) is 0 Å². The molecule has 0 radical (unpaired) electrons. The van der Waals surface area contributed by atoms with Crippen LogP contribution in [-0.2, 0) is 13.6 Å². The van der Waals surface area contributed by atoms with Gasteiger partial charge in [0.05, 0.1) is 24.1 Å². The number of hydrogen-bond donors (Lipinski definition) is 1. The van der Waals surface area contributed by atoms with Crippen molar-refractivity contribution in [3.05, 3.63) is 53.8 Å². The first-order chi connectivity index (χ1) is 15.7. The van der Waals surface area contributed by atoms with Gasteiger partial charge in [0.25, 0.3) is 0 Å². The lowest BCUT2D eigenvalue weighted by molar-refractivity contribution is 0.385. The standard InChI is InChI=1S/C10H13N5.C9H14N2.C7H14/c1-7-8(6-13-15(7)3)9-4-5-12-10(11-2)14-9;1-7(2)6-11-9(4)5-8(3)10-11;1-7-5-3-2-4-6-7/h4-6H,1-3H3,(H,11,12,14);5H,1,6H2,2-4H3;7H,2-6H2,1H3. The number of aromatic nitrogens is 6. The molecular formula is C26H41N7. The van der Waals surface area contributed by atoms with Crippen LogP contribution in [0.3, 0.4) is 0 Å². The molecule has 1 saturated carbocycles. The van der Waals surface area contributed by atoms with Crippen molar-refractivity contribution in [2.24, 2.45) is 13.0 Å². The zero-order valence-electron chi connectivity index (χ0n) is 21.5. The van der Waals surface area contributed by atoms with E-state index in [0.717, 1.165) is 40.7 Å². The van der Waals surface area contributed by atoms with Crippen molar-refractivity contribution in [2.45, 2.75) is 73.3 Å². The number of nitrogens with one attached hydrogen (secondary N) is 1. The van der Waals surface area contributed by atoms with Crippen LogP contribution < -0.4 is 5.32 Å². The predicted molar refractivity (Wildman–Crippen MR) is 137 cm³/mol. The molecule has 3 aromatic heterocycles. The molecular weight excluding hydrogens is 410 g/mol. The van der Waals surface area contributed by atoms with Gasteiger partial charge >= 0.3 is 0 Å². The maximum absolute atomic E-state index is 4.36. The highest BCUT2D eigenvalue weighted by Crippen LogP contribution is 2.22. The van der Waals surface area contributed by atoms with E-state index in [2.05, 4.69) is 52.0 Å². The van der Waals surface area contributed by atoms with Crippen LogP contribution in [0.2, 0.25) is 0 Å². The van der Waals surface area contributed by atoms with E-state index in [1.807, 2.05) is 49.4 Å². The highest BCUT2D eigenvalue weighted by Gasteiger charge is 2.08. The lowest BCUT2D eigenvalue weighted by Crippen LogP contribution is -2.02. The molecule has 1 aliphatic rings. The Morgan fingerprint density at radius 2 is 1.88 bits per heavy atom. The molecule has 3 heterocycles. The maximum atomic E-state index is 4.36. The van der Waals surface area contributed by atoms with Gasteiger partial charge < -0.3 is 5.32 Å². The first kappa shape index (κ1) is 26.3. The average Bonchev–Trinajstić information content (AvgIpc) is 3.29. The van der Waals surface area contributed by atoms with Gasteiger partial charge in [-0.2, -0.15) is 10.2 Å². The smallest absolute Gasteiger partial charge is 0.222 e. The fraction of sp³-hybridized carbons (Fsp3) is 0.538. The lowest BCUT2D eigenvalue weighted by atomic mass is 9.91. The fourth-order valence-electron chi connectivity index (χ4n) is 3.78. The van der Waals surface area contributed by atoms with Crippen LogP contribution >= 0.6 is 0 Å². The highest BCUT2D eigenvalue weighted by molar-refractivity contribution is 5.61. The number of nitrogens with zero attached hydrogens (tertiary/aromatic N) is 6. The molecule has 0 atom stereocenters. The third-order valence-corrected chi connectivity index (χ3v) is 5.81. The number of anilines is 1. The van der Waals surface area contributed by atoms with Gasteiger partial charge in [0.2, 0.25) is 5.95 Å². The Bertz CT molecular complexity index is 1010. The Balaban J connectivity index is 0.000000188. The summed E-state index contributed by atoms with van der Waals surface area (Å²) in [5.74, 6) is 1.66. The molecule has 7 heteroatoms. The molecule has 0 spiro atoms. The zero-order chi connectivity index (χ0) is 24.4. The van der Waals surface area contributed by atoms with Gasteiger partial charge in [-0.3, -0.25) is 9.36 Å². The van der Waals surface area contributed by atoms with E-state index in [0.29, 0.717) is 5.95 Å². The predicted octanol–water partition coefficient (Wildman–Crippen LogP) is 5.89. The number of hydrogen-bond acceptors (Lipinski definition) is 5. The quantitative estimate of drug-likeness (QED) is 0.501. The van der Waals surface area contributed by atoms with Crippen molar-refractivity contribution >= 4 is 5.95 Å². The summed E-state index contributed by atoms with van der Waals surface area (Å²) in [5, 5.41) is 11.4. The molecule has 1 aliphatic carbocycles. The van der Waals surface area contributed by atoms with Gasteiger partial charge in [-0.15, -0.1) is 0 Å². The van der Waals surface area contributed by atoms with E-state index in [-0.39, 0.29) is 0 Å². The van der Waals surface area contributed by atoms with E-state index >= 15 is 0 Å². The van der Waals surface area contributed by atoms with Crippen LogP contribution in [0.15, 0.2) is 36.7 Å². The largest absolute Gasteiger partial charge is 0.357 e. The zero-order valence-corrected chi connectivity index (χ0v) is 21.5. The minimum absolute atomic E-state index is 0.621. The van der Waals surface area contributed by atoms with E-state index in [9.17, 15) is 0 Å². The van der Waals surface area contributed by atoms with Gasteiger partial charge in [-0.1, -0.05) is 51.2 Å². The Labute approximate surface area is 199 Å². The van der Waals surface area contributed by atoms with Crippen molar-refractivity contribution in [3.8, 4) is 11.3 Å². The normalized spacial score (nSPS) is 13.4. The van der Waals surface area contributed by atoms with Crippen LogP contribution in [0, 0.1) is 26.7 Å². The second-order valence-electron chi connectivity index (χ2n) is 9.07. The van der Waals surface area contributed by atoms with Gasteiger partial charge in [-0.25, -0.2) is 9.97 Å². The Hall–Kier alpha value is -2.96. The molecule has 0 unspecified atom stereocenters. The Morgan fingerprint density at radius 1 is 1.18 bits per heavy atom. The van der Waals surface area contributed by atoms with Crippen LogP contribution in [0.5, 0.6) is 0 Å². The van der Waals surface area contributed by atoms with Crippen molar-refractivity contribution in [2.75, 3.05) is 12.4 Å². The summed E-state index contributed by atoms with van der Waals surface area (Å²) in [6, 6.07) is 3.95. The summed E-state index contributed by atoms with van der Waals surface area (Å²) in [6.07, 6.45) is 11.0. The second-order valence-corrected chi connectivity index (χ2v) is 9.07. The molecule has 1 N–H and O–H groups in total. The number of aryl methyl sites for hydroxylation is 3. The van der Waals surface area contributed by atoms with Crippen molar-refractivity contribution in [1.82, 2.24) is 29.5 Å². The van der Waals surface area contributed by atoms with Crippen molar-refractivity contribution < 1.29 is 0 Å². The molecule has 7 nitrogen and oxygen atoms in total. The number of rotatable bonds is 4. The summed E-state index contributed by atoms with van der Waals surface area (Å²) >= 11 is 0. The molecule has 0 bridgehead atoms. The van der Waals surface area contributed by atoms with E-state index in [1.54, 1.807) is 13.2 Å². The molecule has 1 fully saturated rings. The Kier molecular flexibility index (Phi) is 10.3. The summed E-state index contributed by atoms with van der Waals surface area (Å²) < 4.78 is 3.80. The molecule has 33 heavy (non-hydrogen) atoms. The van der Waals surface area contributed by atoms with E-state index in [1.165, 1.54) is 37.8 Å². The third kappa shape index (κ3) is 8.48. The topological polar surface area (TPSA) is 73.5 Å². The average molecular weight is 452 g/mol. The minimum atomic E-state index is 0.621. The first-order valence-corrected chi connectivity index (χ1v) is 11.9. The minimum Gasteiger partial charge on any atom is -0.357 e. The van der Waals surface area contributed by atoms with Gasteiger partial charge in [0, 0.05) is 37.2 Å². The number of allylic oxidation sites excluding steroid dienone is 1. The Morgan fingerprint density at radius 3 is 2.33 bits per heavy atom. The third-order valence-electron chi connectivity index (χ3n) is 5.81. The van der Waals surface area contributed by atoms with Crippen molar-refractivity contribution in [1.29, 1.82) is 0 Å². The molecule has 0 aliphatic heterocycles. The summed E-state index contributed by atoms with van der Waals surface area (Å²) in [4.78, 5) is 8.43. The van der Waals surface area contributed by atoms with Crippen LogP contribution in [0.4, 0.5) is 5.95 Å². The first-order valence-electron chi connectivity index (χ1n) is 11.9. The summed E-state index contributed by atoms with van der Waals surface area (Å²) in [6.45, 7) is 15.1. The van der Waals surface area contributed by atoms with Crippen LogP contribution in [0.1, 0.15) is 63.0 Å². The van der Waals surface area contributed by atoms with Gasteiger partial charge in [-0.05, 0) is 45.7 Å². The fourth-order valence-corrected chi connectivity index (χ4v) is 3.78. The van der Waals surface area contributed by atoms with E-state index < -0.39 is 0 Å². The molecule has 4 rings (SSSR count). The van der Waals surface area contributed by atoms with Crippen LogP contribution in [0.25, 0.3) is 11.3 Å². The molecule has 0 amide bonds. The lowest BCUT2D eigenvalue weighted by Gasteiger charge is -2.15. The molecule has 180 valence electrons. The highest BCUT2D eigenvalue weighted by atomic mass is 15.3. The van der Waals surface area contributed by atoms with Gasteiger partial charge in [0.15, 0.2) is 0 Å². The molecule has 0 saturated heterocycles. The molecule has 3 aromatic rings. The van der Waals surface area contributed by atoms with Crippen LogP contribution in [-0.4, -0.2) is 36.6 Å². The molecule has 0 aromatic carbocycles. The monoisotopic (exact) mass is 451 g/mol. The summed E-state index contributed by atoms with van der Waals surface area (Å²) in [7, 11) is 3.72. The summed E-state index contributed by atoms with van der Waals surface area (Å²) in [5.41, 5.74) is 6.43. The van der Waals surface area contributed by atoms with Gasteiger partial charge in [0.1, 0.15) is 0 Å². The second kappa shape index (κ2) is 12.9. The SMILES string of the molecule is C=C(C)Cn1nc(C)cc1C.CC1CCCCC1.CNc1nccc(-c2cnn(C)c2C)n1. The maximum Gasteiger partial charge on any atom is 0.222 e. The van der Waals surface area contributed by atoms with E-state index in [4.69, 9.17) is 0 Å².